The normalized spacial score (nSPS) is 18.3. The van der Waals surface area contributed by atoms with Crippen LogP contribution in [-0.4, -0.2) is 34.9 Å². The molecule has 0 aromatic carbocycles. The second kappa shape index (κ2) is 5.40. The van der Waals surface area contributed by atoms with Gasteiger partial charge in [0.25, 0.3) is 0 Å². The summed E-state index contributed by atoms with van der Waals surface area (Å²) in [6.07, 6.45) is 3.59. The number of likely N-dealkylation sites (tertiary alicyclic amines) is 1. The van der Waals surface area contributed by atoms with Crippen molar-refractivity contribution in [3.63, 3.8) is 0 Å². The third-order valence-electron chi connectivity index (χ3n) is 3.56. The summed E-state index contributed by atoms with van der Waals surface area (Å²) in [5.74, 6) is 0.699. The summed E-state index contributed by atoms with van der Waals surface area (Å²) in [6.45, 7) is 3.90. The van der Waals surface area contributed by atoms with Crippen LogP contribution in [0.2, 0.25) is 0 Å². The third-order valence-corrected chi connectivity index (χ3v) is 3.56. The van der Waals surface area contributed by atoms with E-state index in [1.54, 1.807) is 11.8 Å². The first kappa shape index (κ1) is 12.9. The van der Waals surface area contributed by atoms with Crippen molar-refractivity contribution in [3.8, 4) is 11.9 Å². The van der Waals surface area contributed by atoms with Crippen molar-refractivity contribution in [1.29, 1.82) is 5.26 Å². The molecule has 0 radical (unpaired) electrons. The van der Waals surface area contributed by atoms with Crippen LogP contribution in [0.5, 0.6) is 5.88 Å². The first-order chi connectivity index (χ1) is 8.69. The van der Waals surface area contributed by atoms with Gasteiger partial charge < -0.3 is 4.74 Å². The van der Waals surface area contributed by atoms with Gasteiger partial charge in [-0.25, -0.2) is 4.68 Å². The summed E-state index contributed by atoms with van der Waals surface area (Å²) in [6, 6.07) is 2.17. The quantitative estimate of drug-likeness (QED) is 0.818. The zero-order chi connectivity index (χ0) is 13.1. The fourth-order valence-corrected chi connectivity index (χ4v) is 2.72. The van der Waals surface area contributed by atoms with Crippen LogP contribution in [0.1, 0.15) is 36.6 Å². The Morgan fingerprint density at radius 1 is 1.33 bits per heavy atom. The Bertz CT molecular complexity index is 454. The highest BCUT2D eigenvalue weighted by Crippen LogP contribution is 2.32. The van der Waals surface area contributed by atoms with E-state index in [1.165, 1.54) is 19.3 Å². The Morgan fingerprint density at radius 3 is 2.56 bits per heavy atom. The highest BCUT2D eigenvalue weighted by Gasteiger charge is 2.29. The van der Waals surface area contributed by atoms with Crippen LogP contribution >= 0.6 is 0 Å². The molecule has 0 saturated carbocycles. The van der Waals surface area contributed by atoms with E-state index in [-0.39, 0.29) is 6.04 Å². The minimum atomic E-state index is -0.242. The number of aryl methyl sites for hydroxylation is 2. The molecule has 0 spiro atoms. The van der Waals surface area contributed by atoms with Crippen molar-refractivity contribution in [1.82, 2.24) is 14.7 Å². The Labute approximate surface area is 108 Å². The van der Waals surface area contributed by atoms with E-state index in [4.69, 9.17) is 4.74 Å². The summed E-state index contributed by atoms with van der Waals surface area (Å²) in [7, 11) is 3.48. The Morgan fingerprint density at radius 2 is 2.00 bits per heavy atom. The van der Waals surface area contributed by atoms with E-state index in [2.05, 4.69) is 16.1 Å². The molecular weight excluding hydrogens is 228 g/mol. The standard InChI is InChI=1S/C13H20N4O/c1-10-12(13(18-3)16(2)15-10)11(9-14)17-7-5-4-6-8-17/h11H,4-8H2,1-3H3. The molecule has 0 N–H and O–H groups in total. The van der Waals surface area contributed by atoms with E-state index in [0.29, 0.717) is 5.88 Å². The zero-order valence-electron chi connectivity index (χ0n) is 11.3. The van der Waals surface area contributed by atoms with Gasteiger partial charge in [-0.15, -0.1) is 0 Å². The molecule has 1 aliphatic rings. The van der Waals surface area contributed by atoms with Gasteiger partial charge in [0.15, 0.2) is 0 Å². The van der Waals surface area contributed by atoms with Crippen LogP contribution in [0.25, 0.3) is 0 Å². The molecule has 1 aliphatic heterocycles. The SMILES string of the molecule is COc1c(C(C#N)N2CCCCC2)c(C)nn1C. The summed E-state index contributed by atoms with van der Waals surface area (Å²) in [5.41, 5.74) is 1.80. The molecule has 2 heterocycles. The van der Waals surface area contributed by atoms with Crippen LogP contribution < -0.4 is 4.74 Å². The summed E-state index contributed by atoms with van der Waals surface area (Å²) in [5, 5.41) is 13.9. The van der Waals surface area contributed by atoms with E-state index >= 15 is 0 Å². The maximum Gasteiger partial charge on any atom is 0.217 e. The Kier molecular flexibility index (Phi) is 3.87. The molecular formula is C13H20N4O. The van der Waals surface area contributed by atoms with Gasteiger partial charge in [0.05, 0.1) is 24.4 Å². The summed E-state index contributed by atoms with van der Waals surface area (Å²) in [4.78, 5) is 2.23. The molecule has 0 amide bonds. The summed E-state index contributed by atoms with van der Waals surface area (Å²) >= 11 is 0. The van der Waals surface area contributed by atoms with E-state index in [0.717, 1.165) is 24.3 Å². The lowest BCUT2D eigenvalue weighted by Crippen LogP contribution is -2.33. The molecule has 98 valence electrons. The highest BCUT2D eigenvalue weighted by atomic mass is 16.5. The lowest BCUT2D eigenvalue weighted by atomic mass is 10.0. The minimum Gasteiger partial charge on any atom is -0.481 e. The molecule has 5 nitrogen and oxygen atoms in total. The predicted octanol–water partition coefficient (Wildman–Crippen LogP) is 1.79. The first-order valence-electron chi connectivity index (χ1n) is 6.40. The zero-order valence-corrected chi connectivity index (χ0v) is 11.3. The van der Waals surface area contributed by atoms with Crippen molar-refractivity contribution >= 4 is 0 Å². The van der Waals surface area contributed by atoms with Crippen molar-refractivity contribution in [2.24, 2.45) is 7.05 Å². The number of hydrogen-bond acceptors (Lipinski definition) is 4. The Hall–Kier alpha value is -1.54. The Balaban J connectivity index is 2.35. The average molecular weight is 248 g/mol. The largest absolute Gasteiger partial charge is 0.481 e. The number of methoxy groups -OCH3 is 1. The van der Waals surface area contributed by atoms with Gasteiger partial charge in [-0.1, -0.05) is 6.42 Å². The molecule has 1 saturated heterocycles. The summed E-state index contributed by atoms with van der Waals surface area (Å²) < 4.78 is 7.10. The fraction of sp³-hybridized carbons (Fsp3) is 0.692. The molecule has 0 aliphatic carbocycles. The highest BCUT2D eigenvalue weighted by molar-refractivity contribution is 5.37. The third kappa shape index (κ3) is 2.21. The van der Waals surface area contributed by atoms with Gasteiger partial charge in [0.1, 0.15) is 6.04 Å². The predicted molar refractivity (Wildman–Crippen MR) is 68.3 cm³/mol. The van der Waals surface area contributed by atoms with Crippen LogP contribution in [0.15, 0.2) is 0 Å². The monoisotopic (exact) mass is 248 g/mol. The minimum absolute atomic E-state index is 0.242. The van der Waals surface area contributed by atoms with Gasteiger partial charge in [0.2, 0.25) is 5.88 Å². The second-order valence-electron chi connectivity index (χ2n) is 4.76. The topological polar surface area (TPSA) is 54.1 Å². The lowest BCUT2D eigenvalue weighted by Gasteiger charge is -2.30. The molecule has 1 unspecified atom stereocenters. The van der Waals surface area contributed by atoms with E-state index in [1.807, 2.05) is 14.0 Å². The second-order valence-corrected chi connectivity index (χ2v) is 4.76. The number of piperidine rings is 1. The number of ether oxygens (including phenoxy) is 1. The van der Waals surface area contributed by atoms with Gasteiger partial charge in [0, 0.05) is 7.05 Å². The van der Waals surface area contributed by atoms with Crippen molar-refractivity contribution in [3.05, 3.63) is 11.3 Å². The number of aromatic nitrogens is 2. The average Bonchev–Trinajstić information content (AvgIpc) is 2.66. The van der Waals surface area contributed by atoms with Gasteiger partial charge >= 0.3 is 0 Å². The molecule has 5 heteroatoms. The molecule has 1 fully saturated rings. The van der Waals surface area contributed by atoms with Crippen molar-refractivity contribution in [2.75, 3.05) is 20.2 Å². The molecule has 1 atom stereocenters. The number of rotatable bonds is 3. The molecule has 1 aromatic rings. The van der Waals surface area contributed by atoms with Gasteiger partial charge in [-0.2, -0.15) is 10.4 Å². The first-order valence-corrected chi connectivity index (χ1v) is 6.40. The number of hydrogen-bond donors (Lipinski definition) is 0. The lowest BCUT2D eigenvalue weighted by molar-refractivity contribution is 0.192. The maximum absolute atomic E-state index is 9.50. The van der Waals surface area contributed by atoms with Crippen LogP contribution in [-0.2, 0) is 7.05 Å². The van der Waals surface area contributed by atoms with Crippen LogP contribution in [0.3, 0.4) is 0 Å². The maximum atomic E-state index is 9.50. The number of nitriles is 1. The smallest absolute Gasteiger partial charge is 0.217 e. The number of nitrogens with zero attached hydrogens (tertiary/aromatic N) is 4. The molecule has 2 rings (SSSR count). The van der Waals surface area contributed by atoms with Crippen molar-refractivity contribution < 1.29 is 4.74 Å². The fourth-order valence-electron chi connectivity index (χ4n) is 2.72. The van der Waals surface area contributed by atoms with Crippen LogP contribution in [0.4, 0.5) is 0 Å². The van der Waals surface area contributed by atoms with Crippen LogP contribution in [0, 0.1) is 18.3 Å². The van der Waals surface area contributed by atoms with E-state index < -0.39 is 0 Å². The molecule has 18 heavy (non-hydrogen) atoms. The van der Waals surface area contributed by atoms with Gasteiger partial charge in [-0.3, -0.25) is 4.90 Å². The van der Waals surface area contributed by atoms with Gasteiger partial charge in [-0.05, 0) is 32.9 Å². The van der Waals surface area contributed by atoms with E-state index in [9.17, 15) is 5.26 Å². The molecule has 1 aromatic heterocycles. The van der Waals surface area contributed by atoms with Crippen molar-refractivity contribution in [2.45, 2.75) is 32.2 Å². The molecule has 0 bridgehead atoms.